The highest BCUT2D eigenvalue weighted by Crippen LogP contribution is 2.25. The molecule has 0 saturated heterocycles. The van der Waals surface area contributed by atoms with Gasteiger partial charge in [0.2, 0.25) is 0 Å². The van der Waals surface area contributed by atoms with Crippen LogP contribution in [0.5, 0.6) is 5.75 Å². The van der Waals surface area contributed by atoms with Crippen molar-refractivity contribution < 1.29 is 19.4 Å². The van der Waals surface area contributed by atoms with Crippen molar-refractivity contribution in [1.29, 1.82) is 0 Å². The fourth-order valence-electron chi connectivity index (χ4n) is 2.22. The van der Waals surface area contributed by atoms with Gasteiger partial charge in [-0.2, -0.15) is 0 Å². The van der Waals surface area contributed by atoms with Gasteiger partial charge in [0.15, 0.2) is 6.10 Å². The average Bonchev–Trinajstić information content (AvgIpc) is 2.56. The Balaban J connectivity index is 2.10. The van der Waals surface area contributed by atoms with Crippen molar-refractivity contribution in [2.75, 3.05) is 6.61 Å². The molecule has 2 atom stereocenters. The molecule has 0 aliphatic heterocycles. The minimum absolute atomic E-state index is 0.338. The van der Waals surface area contributed by atoms with Gasteiger partial charge in [0, 0.05) is 0 Å². The van der Waals surface area contributed by atoms with Crippen LogP contribution in [-0.2, 0) is 9.53 Å². The zero-order chi connectivity index (χ0) is 16.8. The van der Waals surface area contributed by atoms with E-state index in [4.69, 9.17) is 9.47 Å². The maximum Gasteiger partial charge on any atom is 0.347 e. The largest absolute Gasteiger partial charge is 0.479 e. The van der Waals surface area contributed by atoms with Crippen molar-refractivity contribution in [2.24, 2.45) is 0 Å². The van der Waals surface area contributed by atoms with Crippen LogP contribution in [0.4, 0.5) is 0 Å². The summed E-state index contributed by atoms with van der Waals surface area (Å²) in [5, 5.41) is 9.67. The molecule has 0 bridgehead atoms. The third kappa shape index (κ3) is 4.57. The Kier molecular flexibility index (Phi) is 5.77. The molecule has 4 nitrogen and oxygen atoms in total. The minimum atomic E-state index is -0.639. The highest BCUT2D eigenvalue weighted by Gasteiger charge is 2.15. The van der Waals surface area contributed by atoms with Crippen LogP contribution in [-0.4, -0.2) is 23.8 Å². The first-order valence-corrected chi connectivity index (χ1v) is 7.73. The van der Waals surface area contributed by atoms with E-state index in [0.717, 1.165) is 16.7 Å². The molecule has 23 heavy (non-hydrogen) atoms. The lowest BCUT2D eigenvalue weighted by Crippen LogP contribution is -2.25. The summed E-state index contributed by atoms with van der Waals surface area (Å²) in [7, 11) is 0. The van der Waals surface area contributed by atoms with E-state index < -0.39 is 12.2 Å². The van der Waals surface area contributed by atoms with E-state index in [1.807, 2.05) is 48.5 Å². The fraction of sp³-hybridized carbons (Fsp3) is 0.316. The summed E-state index contributed by atoms with van der Waals surface area (Å²) < 4.78 is 10.5. The van der Waals surface area contributed by atoms with Crippen molar-refractivity contribution in [3.05, 3.63) is 54.1 Å². The van der Waals surface area contributed by atoms with Gasteiger partial charge in [0.25, 0.3) is 0 Å². The van der Waals surface area contributed by atoms with Crippen molar-refractivity contribution in [2.45, 2.75) is 33.0 Å². The number of aliphatic hydroxyl groups excluding tert-OH is 1. The fourth-order valence-corrected chi connectivity index (χ4v) is 2.22. The normalized spacial score (nSPS) is 13.2. The van der Waals surface area contributed by atoms with Gasteiger partial charge < -0.3 is 14.6 Å². The predicted molar refractivity (Wildman–Crippen MR) is 89.2 cm³/mol. The molecule has 0 radical (unpaired) electrons. The monoisotopic (exact) mass is 314 g/mol. The molecule has 4 heteroatoms. The van der Waals surface area contributed by atoms with Crippen LogP contribution in [0, 0.1) is 0 Å². The van der Waals surface area contributed by atoms with E-state index in [9.17, 15) is 9.90 Å². The molecule has 0 heterocycles. The topological polar surface area (TPSA) is 55.8 Å². The Morgan fingerprint density at radius 2 is 1.78 bits per heavy atom. The van der Waals surface area contributed by atoms with Crippen LogP contribution in [0.25, 0.3) is 11.1 Å². The first kappa shape index (κ1) is 17.0. The summed E-state index contributed by atoms with van der Waals surface area (Å²) in [6.45, 7) is 5.51. The Hall–Kier alpha value is -2.33. The van der Waals surface area contributed by atoms with Crippen molar-refractivity contribution >= 4 is 5.97 Å². The Labute approximate surface area is 136 Å². The number of carbonyl (C=O) groups excluding carboxylic acids is 1. The van der Waals surface area contributed by atoms with E-state index in [2.05, 4.69) is 0 Å². The zero-order valence-electron chi connectivity index (χ0n) is 13.7. The smallest absolute Gasteiger partial charge is 0.347 e. The molecule has 2 rings (SSSR count). The number of benzene rings is 2. The lowest BCUT2D eigenvalue weighted by atomic mass is 10.0. The third-order valence-electron chi connectivity index (χ3n) is 3.49. The van der Waals surface area contributed by atoms with Crippen LogP contribution in [0.3, 0.4) is 0 Å². The van der Waals surface area contributed by atoms with Crippen LogP contribution in [0.2, 0.25) is 0 Å². The molecule has 0 spiro atoms. The molecule has 2 aromatic carbocycles. The Bertz CT molecular complexity index is 647. The van der Waals surface area contributed by atoms with E-state index >= 15 is 0 Å². The number of ether oxygens (including phenoxy) is 2. The Morgan fingerprint density at radius 1 is 1.09 bits per heavy atom. The highest BCUT2D eigenvalue weighted by atomic mass is 16.6. The first-order valence-electron chi connectivity index (χ1n) is 7.73. The highest BCUT2D eigenvalue weighted by molar-refractivity contribution is 5.74. The second kappa shape index (κ2) is 7.79. The Morgan fingerprint density at radius 3 is 2.39 bits per heavy atom. The molecule has 0 aromatic heterocycles. The number of rotatable bonds is 6. The standard InChI is InChI=1S/C19H22O4/c1-4-22-19(21)14(3)23-18-10-8-15(9-11-18)17-7-5-6-16(12-17)13(2)20/h5-14,20H,4H2,1-3H3/t13?,14-/m1/s1. The molecule has 0 fully saturated rings. The summed E-state index contributed by atoms with van der Waals surface area (Å²) >= 11 is 0. The molecular weight excluding hydrogens is 292 g/mol. The average molecular weight is 314 g/mol. The molecule has 2 aromatic rings. The molecule has 0 saturated carbocycles. The SMILES string of the molecule is CCOC(=O)[C@@H](C)Oc1ccc(-c2cccc(C(C)O)c2)cc1. The molecule has 0 amide bonds. The number of esters is 1. The molecule has 0 aliphatic carbocycles. The number of carbonyl (C=O) groups is 1. The predicted octanol–water partition coefficient (Wildman–Crippen LogP) is 3.74. The van der Waals surface area contributed by atoms with Crippen LogP contribution in [0.1, 0.15) is 32.4 Å². The molecule has 0 aliphatic rings. The lowest BCUT2D eigenvalue weighted by Gasteiger charge is -2.14. The summed E-state index contributed by atoms with van der Waals surface area (Å²) in [5.74, 6) is 0.238. The summed E-state index contributed by atoms with van der Waals surface area (Å²) in [6, 6.07) is 15.3. The van der Waals surface area contributed by atoms with Crippen molar-refractivity contribution in [1.82, 2.24) is 0 Å². The van der Waals surface area contributed by atoms with Gasteiger partial charge in [-0.1, -0.05) is 30.3 Å². The van der Waals surface area contributed by atoms with Gasteiger partial charge in [-0.25, -0.2) is 4.79 Å². The van der Waals surface area contributed by atoms with Gasteiger partial charge in [0.05, 0.1) is 12.7 Å². The van der Waals surface area contributed by atoms with Gasteiger partial charge in [0.1, 0.15) is 5.75 Å². The van der Waals surface area contributed by atoms with E-state index in [1.54, 1.807) is 20.8 Å². The van der Waals surface area contributed by atoms with Crippen LogP contribution < -0.4 is 4.74 Å². The van der Waals surface area contributed by atoms with Gasteiger partial charge >= 0.3 is 5.97 Å². The van der Waals surface area contributed by atoms with Gasteiger partial charge in [-0.15, -0.1) is 0 Å². The first-order chi connectivity index (χ1) is 11.0. The maximum atomic E-state index is 11.6. The second-order valence-electron chi connectivity index (χ2n) is 5.34. The molecule has 1 N–H and O–H groups in total. The molecule has 1 unspecified atom stereocenters. The zero-order valence-corrected chi connectivity index (χ0v) is 13.7. The second-order valence-corrected chi connectivity index (χ2v) is 5.34. The summed E-state index contributed by atoms with van der Waals surface area (Å²) in [5.41, 5.74) is 2.91. The lowest BCUT2D eigenvalue weighted by molar-refractivity contribution is -0.150. The van der Waals surface area contributed by atoms with Gasteiger partial charge in [-0.05, 0) is 55.7 Å². The maximum absolute atomic E-state index is 11.6. The van der Waals surface area contributed by atoms with Crippen LogP contribution >= 0.6 is 0 Å². The van der Waals surface area contributed by atoms with Crippen LogP contribution in [0.15, 0.2) is 48.5 Å². The van der Waals surface area contributed by atoms with Gasteiger partial charge in [-0.3, -0.25) is 0 Å². The van der Waals surface area contributed by atoms with Crippen molar-refractivity contribution in [3.8, 4) is 16.9 Å². The summed E-state index contributed by atoms with van der Waals surface area (Å²) in [4.78, 5) is 11.6. The van der Waals surface area contributed by atoms with E-state index in [1.165, 1.54) is 0 Å². The third-order valence-corrected chi connectivity index (χ3v) is 3.49. The van der Waals surface area contributed by atoms with Crippen molar-refractivity contribution in [3.63, 3.8) is 0 Å². The quantitative estimate of drug-likeness (QED) is 0.825. The number of hydrogen-bond donors (Lipinski definition) is 1. The number of hydrogen-bond acceptors (Lipinski definition) is 4. The number of aliphatic hydroxyl groups is 1. The molecular formula is C19H22O4. The van der Waals surface area contributed by atoms with E-state index in [0.29, 0.717) is 12.4 Å². The van der Waals surface area contributed by atoms with E-state index in [-0.39, 0.29) is 5.97 Å². The summed E-state index contributed by atoms with van der Waals surface area (Å²) in [6.07, 6.45) is -1.14. The minimum Gasteiger partial charge on any atom is -0.479 e. The molecule has 122 valence electrons.